The van der Waals surface area contributed by atoms with Crippen LogP contribution in [0, 0.1) is 6.92 Å². The van der Waals surface area contributed by atoms with Crippen LogP contribution in [0.1, 0.15) is 30.1 Å². The highest BCUT2D eigenvalue weighted by molar-refractivity contribution is 5.54. The van der Waals surface area contributed by atoms with Gasteiger partial charge in [-0.2, -0.15) is 0 Å². The number of hydrogen-bond donors (Lipinski definition) is 0. The van der Waals surface area contributed by atoms with E-state index < -0.39 is 0 Å². The Hall–Kier alpha value is -1.12. The largest absolute Gasteiger partial charge is 0.332 e. The van der Waals surface area contributed by atoms with Crippen molar-refractivity contribution in [3.05, 3.63) is 17.2 Å². The summed E-state index contributed by atoms with van der Waals surface area (Å²) in [6.45, 7) is 3.09. The van der Waals surface area contributed by atoms with Crippen LogP contribution >= 0.6 is 0 Å². The number of carbonyl (C=O) groups is 1. The van der Waals surface area contributed by atoms with Crippen molar-refractivity contribution in [2.24, 2.45) is 0 Å². The van der Waals surface area contributed by atoms with E-state index in [1.807, 2.05) is 6.92 Å². The van der Waals surface area contributed by atoms with Gasteiger partial charge in [-0.15, -0.1) is 0 Å². The van der Waals surface area contributed by atoms with Crippen LogP contribution < -0.4 is 0 Å². The molecule has 0 saturated carbocycles. The molecule has 0 radical (unpaired) electrons. The first-order valence-electron chi connectivity index (χ1n) is 4.81. The van der Waals surface area contributed by atoms with E-state index in [4.69, 9.17) is 0 Å². The Morgan fingerprint density at radius 2 is 2.38 bits per heavy atom. The van der Waals surface area contributed by atoms with Gasteiger partial charge in [-0.3, -0.25) is 0 Å². The molecule has 0 amide bonds. The summed E-state index contributed by atoms with van der Waals surface area (Å²) in [6.07, 6.45) is 4.98. The molecule has 0 fully saturated rings. The molecule has 0 atom stereocenters. The summed E-state index contributed by atoms with van der Waals surface area (Å²) >= 11 is 0. The maximum absolute atomic E-state index is 10.4. The molecule has 0 N–H and O–H groups in total. The first kappa shape index (κ1) is 8.48. The topological polar surface area (TPSA) is 34.9 Å². The van der Waals surface area contributed by atoms with Gasteiger partial charge in [0.25, 0.3) is 0 Å². The van der Waals surface area contributed by atoms with E-state index in [2.05, 4.69) is 9.55 Å². The van der Waals surface area contributed by atoms with Crippen molar-refractivity contribution in [1.29, 1.82) is 0 Å². The Morgan fingerprint density at radius 1 is 1.54 bits per heavy atom. The zero-order chi connectivity index (χ0) is 9.26. The average Bonchev–Trinajstić information content (AvgIpc) is 2.46. The van der Waals surface area contributed by atoms with Gasteiger partial charge in [0.2, 0.25) is 0 Å². The normalized spacial score (nSPS) is 15.5. The van der Waals surface area contributed by atoms with E-state index in [0.717, 1.165) is 30.8 Å². The van der Waals surface area contributed by atoms with Gasteiger partial charge >= 0.3 is 0 Å². The number of aldehydes is 1. The number of hydrogen-bond acceptors (Lipinski definition) is 2. The van der Waals surface area contributed by atoms with Gasteiger partial charge in [-0.1, -0.05) is 0 Å². The fourth-order valence-electron chi connectivity index (χ4n) is 2.05. The number of nitrogens with zero attached hydrogens (tertiary/aromatic N) is 2. The molecule has 2 heterocycles. The Kier molecular flexibility index (Phi) is 2.17. The molecule has 0 aromatic carbocycles. The summed E-state index contributed by atoms with van der Waals surface area (Å²) in [4.78, 5) is 14.8. The number of rotatable bonds is 2. The van der Waals surface area contributed by atoms with E-state index in [1.165, 1.54) is 18.5 Å². The molecule has 0 spiro atoms. The molecule has 1 aliphatic rings. The van der Waals surface area contributed by atoms with Gasteiger partial charge in [0.15, 0.2) is 0 Å². The van der Waals surface area contributed by atoms with Gasteiger partial charge in [0.05, 0.1) is 5.69 Å². The lowest BCUT2D eigenvalue weighted by Gasteiger charge is -2.15. The van der Waals surface area contributed by atoms with Crippen LogP contribution in [0.4, 0.5) is 0 Å². The first-order chi connectivity index (χ1) is 6.33. The smallest absolute Gasteiger partial charge is 0.126 e. The zero-order valence-corrected chi connectivity index (χ0v) is 7.92. The quantitative estimate of drug-likeness (QED) is 0.639. The third-order valence-corrected chi connectivity index (χ3v) is 2.67. The summed E-state index contributed by atoms with van der Waals surface area (Å²) in [6, 6.07) is 0. The van der Waals surface area contributed by atoms with Crippen LogP contribution in [0.15, 0.2) is 0 Å². The van der Waals surface area contributed by atoms with Crippen molar-refractivity contribution >= 4 is 6.29 Å². The number of imidazole rings is 1. The lowest BCUT2D eigenvalue weighted by Crippen LogP contribution is -2.12. The molecule has 0 saturated heterocycles. The first-order valence-corrected chi connectivity index (χ1v) is 4.81. The van der Waals surface area contributed by atoms with Crippen molar-refractivity contribution < 1.29 is 4.79 Å². The van der Waals surface area contributed by atoms with E-state index in [1.54, 1.807) is 0 Å². The second-order valence-electron chi connectivity index (χ2n) is 3.53. The number of carbonyl (C=O) groups excluding carboxylic acids is 1. The Morgan fingerprint density at radius 3 is 3.15 bits per heavy atom. The minimum atomic E-state index is 0.475. The van der Waals surface area contributed by atoms with Gasteiger partial charge in [0.1, 0.15) is 12.1 Å². The van der Waals surface area contributed by atoms with Crippen molar-refractivity contribution in [2.75, 3.05) is 0 Å². The van der Waals surface area contributed by atoms with Crippen LogP contribution in [0.3, 0.4) is 0 Å². The molecule has 1 aromatic rings. The molecular weight excluding hydrogens is 164 g/mol. The van der Waals surface area contributed by atoms with Gasteiger partial charge in [-0.25, -0.2) is 4.98 Å². The predicted octanol–water partition coefficient (Wildman–Crippen LogP) is 1.27. The molecule has 0 aliphatic carbocycles. The second-order valence-corrected chi connectivity index (χ2v) is 3.53. The minimum Gasteiger partial charge on any atom is -0.332 e. The van der Waals surface area contributed by atoms with Crippen molar-refractivity contribution in [1.82, 2.24) is 9.55 Å². The Labute approximate surface area is 77.8 Å². The summed E-state index contributed by atoms with van der Waals surface area (Å²) in [7, 11) is 0. The molecule has 0 unspecified atom stereocenters. The molecular formula is C10H14N2O. The van der Waals surface area contributed by atoms with Crippen LogP contribution in [0.5, 0.6) is 0 Å². The predicted molar refractivity (Wildman–Crippen MR) is 49.7 cm³/mol. The summed E-state index contributed by atoms with van der Waals surface area (Å²) in [5.41, 5.74) is 2.28. The van der Waals surface area contributed by atoms with Crippen LogP contribution in [-0.2, 0) is 24.2 Å². The fourth-order valence-corrected chi connectivity index (χ4v) is 2.05. The van der Waals surface area contributed by atoms with Crippen LogP contribution in [0.25, 0.3) is 0 Å². The van der Waals surface area contributed by atoms with Crippen molar-refractivity contribution in [3.63, 3.8) is 0 Å². The Balaban J connectivity index is 2.41. The molecule has 3 heteroatoms. The summed E-state index contributed by atoms with van der Waals surface area (Å²) in [5, 5.41) is 0. The third kappa shape index (κ3) is 1.39. The van der Waals surface area contributed by atoms with E-state index in [9.17, 15) is 4.79 Å². The Bertz CT molecular complexity index is 328. The third-order valence-electron chi connectivity index (χ3n) is 2.67. The number of fused-ring (bicyclic) bond motifs is 1. The summed E-state index contributed by atoms with van der Waals surface area (Å²) < 4.78 is 2.25. The lowest BCUT2D eigenvalue weighted by molar-refractivity contribution is -0.107. The minimum absolute atomic E-state index is 0.475. The van der Waals surface area contributed by atoms with Gasteiger partial charge in [-0.05, 0) is 26.2 Å². The highest BCUT2D eigenvalue weighted by atomic mass is 16.1. The molecule has 1 aliphatic heterocycles. The zero-order valence-electron chi connectivity index (χ0n) is 7.92. The monoisotopic (exact) mass is 178 g/mol. The number of aryl methyl sites for hydroxylation is 1. The number of aromatic nitrogens is 2. The maximum Gasteiger partial charge on any atom is 0.126 e. The summed E-state index contributed by atoms with van der Waals surface area (Å²) in [5.74, 6) is 1.06. The van der Waals surface area contributed by atoms with E-state index in [-0.39, 0.29) is 0 Å². The average molecular weight is 178 g/mol. The molecule has 13 heavy (non-hydrogen) atoms. The maximum atomic E-state index is 10.4. The standard InChI is InChI=1S/C10H14N2O/c1-8-11-9(5-7-13)10-4-2-3-6-12(8)10/h7H,2-6H2,1H3. The molecule has 70 valence electrons. The molecule has 2 rings (SSSR count). The van der Waals surface area contributed by atoms with E-state index in [0.29, 0.717) is 6.42 Å². The lowest BCUT2D eigenvalue weighted by atomic mass is 10.1. The second kappa shape index (κ2) is 3.32. The highest BCUT2D eigenvalue weighted by Crippen LogP contribution is 2.20. The molecule has 0 bridgehead atoms. The fraction of sp³-hybridized carbons (Fsp3) is 0.600. The van der Waals surface area contributed by atoms with E-state index >= 15 is 0 Å². The van der Waals surface area contributed by atoms with Crippen LogP contribution in [-0.4, -0.2) is 15.8 Å². The molecule has 3 nitrogen and oxygen atoms in total. The van der Waals surface area contributed by atoms with Gasteiger partial charge < -0.3 is 9.36 Å². The van der Waals surface area contributed by atoms with Gasteiger partial charge in [0, 0.05) is 18.7 Å². The van der Waals surface area contributed by atoms with Crippen molar-refractivity contribution in [3.8, 4) is 0 Å². The highest BCUT2D eigenvalue weighted by Gasteiger charge is 2.16. The van der Waals surface area contributed by atoms with Crippen molar-refractivity contribution in [2.45, 2.75) is 39.2 Å². The SMILES string of the molecule is Cc1nc(CC=O)c2n1CCCC2. The van der Waals surface area contributed by atoms with Crippen LogP contribution in [0.2, 0.25) is 0 Å². The molecule has 1 aromatic heterocycles.